The van der Waals surface area contributed by atoms with Crippen LogP contribution in [0.3, 0.4) is 0 Å². The van der Waals surface area contributed by atoms with Crippen LogP contribution in [0.15, 0.2) is 30.3 Å². The molecule has 1 unspecified atom stereocenters. The molecule has 2 aromatic rings. The van der Waals surface area contributed by atoms with Gasteiger partial charge >= 0.3 is 6.09 Å². The number of amides is 2. The minimum absolute atomic E-state index is 0.0973. The van der Waals surface area contributed by atoms with Crippen LogP contribution in [0.5, 0.6) is 0 Å². The summed E-state index contributed by atoms with van der Waals surface area (Å²) in [6.45, 7) is 9.52. The molecule has 2 rings (SSSR count). The van der Waals surface area contributed by atoms with Gasteiger partial charge in [0.05, 0.1) is 6.04 Å². The minimum Gasteiger partial charge on any atom is -0.445 e. The first-order valence-corrected chi connectivity index (χ1v) is 11.2. The zero-order chi connectivity index (χ0) is 24.4. The fourth-order valence-corrected chi connectivity index (χ4v) is 3.26. The van der Waals surface area contributed by atoms with E-state index in [1.165, 1.54) is 4.80 Å². The largest absolute Gasteiger partial charge is 0.445 e. The molecular weight excluding hydrogens is 424 g/mol. The SMILES string of the molecule is Cc1nnn(CC(=O)C(CC(C)C)NC(=O)[C@H](CC(C)C)NC(=O)OCc2ccccc2)n1. The number of aryl methyl sites for hydroxylation is 1. The van der Waals surface area contributed by atoms with Gasteiger partial charge in [-0.2, -0.15) is 4.80 Å². The van der Waals surface area contributed by atoms with Gasteiger partial charge in [0, 0.05) is 0 Å². The highest BCUT2D eigenvalue weighted by Gasteiger charge is 2.28. The molecule has 0 spiro atoms. The molecule has 0 saturated heterocycles. The van der Waals surface area contributed by atoms with Crippen LogP contribution < -0.4 is 10.6 Å². The lowest BCUT2D eigenvalue weighted by molar-refractivity contribution is -0.130. The second-order valence-electron chi connectivity index (χ2n) is 8.91. The van der Waals surface area contributed by atoms with Crippen LogP contribution in [-0.2, 0) is 27.5 Å². The number of aromatic nitrogens is 4. The van der Waals surface area contributed by atoms with Crippen molar-refractivity contribution in [3.63, 3.8) is 0 Å². The van der Waals surface area contributed by atoms with E-state index in [1.54, 1.807) is 6.92 Å². The van der Waals surface area contributed by atoms with Crippen molar-refractivity contribution in [3.05, 3.63) is 41.7 Å². The van der Waals surface area contributed by atoms with Crippen molar-refractivity contribution in [1.29, 1.82) is 0 Å². The van der Waals surface area contributed by atoms with E-state index >= 15 is 0 Å². The van der Waals surface area contributed by atoms with Gasteiger partial charge in [-0.15, -0.1) is 10.2 Å². The van der Waals surface area contributed by atoms with E-state index < -0.39 is 24.1 Å². The number of hydrogen-bond donors (Lipinski definition) is 2. The second kappa shape index (κ2) is 12.7. The molecule has 2 atom stereocenters. The molecule has 0 bridgehead atoms. The molecular formula is C23H34N6O4. The van der Waals surface area contributed by atoms with Gasteiger partial charge < -0.3 is 15.4 Å². The van der Waals surface area contributed by atoms with Crippen LogP contribution >= 0.6 is 0 Å². The fraction of sp³-hybridized carbons (Fsp3) is 0.565. The third-order valence-corrected chi connectivity index (χ3v) is 4.79. The van der Waals surface area contributed by atoms with Crippen LogP contribution in [0, 0.1) is 18.8 Å². The molecule has 0 aliphatic heterocycles. The number of rotatable bonds is 12. The molecule has 10 heteroatoms. The quantitative estimate of drug-likeness (QED) is 0.500. The predicted molar refractivity (Wildman–Crippen MR) is 122 cm³/mol. The maximum absolute atomic E-state index is 13.1. The Balaban J connectivity index is 2.02. The molecule has 1 heterocycles. The zero-order valence-electron chi connectivity index (χ0n) is 19.9. The number of nitrogens with one attached hydrogen (secondary N) is 2. The van der Waals surface area contributed by atoms with Gasteiger partial charge in [-0.25, -0.2) is 4.79 Å². The van der Waals surface area contributed by atoms with Crippen molar-refractivity contribution in [2.45, 2.75) is 72.7 Å². The molecule has 2 amide bonds. The Hall–Kier alpha value is -3.30. The maximum atomic E-state index is 13.1. The predicted octanol–water partition coefficient (Wildman–Crippen LogP) is 2.42. The first-order valence-electron chi connectivity index (χ1n) is 11.2. The molecule has 0 radical (unpaired) electrons. The Labute approximate surface area is 194 Å². The number of benzene rings is 1. The van der Waals surface area contributed by atoms with Crippen molar-refractivity contribution in [2.24, 2.45) is 11.8 Å². The summed E-state index contributed by atoms with van der Waals surface area (Å²) in [6, 6.07) is 7.71. The molecule has 0 aliphatic carbocycles. The molecule has 0 fully saturated rings. The number of hydrogen-bond acceptors (Lipinski definition) is 7. The summed E-state index contributed by atoms with van der Waals surface area (Å²) in [4.78, 5) is 39.5. The topological polar surface area (TPSA) is 128 Å². The first-order chi connectivity index (χ1) is 15.6. The van der Waals surface area contributed by atoms with Crippen molar-refractivity contribution in [1.82, 2.24) is 30.8 Å². The average molecular weight is 459 g/mol. The molecule has 2 N–H and O–H groups in total. The standard InChI is InChI=1S/C23H34N6O4/c1-15(2)11-19(21(30)13-29-27-17(5)26-28-29)24-22(31)20(12-16(3)4)25-23(32)33-14-18-9-7-6-8-10-18/h6-10,15-16,19-20H,11-14H2,1-5H3,(H,24,31)(H,25,32)/t19?,20-/m0/s1. The number of tetrazole rings is 1. The monoisotopic (exact) mass is 458 g/mol. The lowest BCUT2D eigenvalue weighted by Gasteiger charge is -2.24. The normalized spacial score (nSPS) is 12.9. The Morgan fingerprint density at radius 3 is 2.18 bits per heavy atom. The number of alkyl carbamates (subject to hydrolysis) is 1. The third kappa shape index (κ3) is 9.38. The van der Waals surface area contributed by atoms with E-state index in [4.69, 9.17) is 4.74 Å². The average Bonchev–Trinajstić information content (AvgIpc) is 3.15. The Kier molecular flexibility index (Phi) is 9.96. The molecule has 33 heavy (non-hydrogen) atoms. The Bertz CT molecular complexity index is 913. The van der Waals surface area contributed by atoms with Gasteiger partial charge in [0.15, 0.2) is 11.6 Å². The summed E-state index contributed by atoms with van der Waals surface area (Å²) in [5, 5.41) is 17.1. The Morgan fingerprint density at radius 2 is 1.61 bits per heavy atom. The summed E-state index contributed by atoms with van der Waals surface area (Å²) in [5.74, 6) is 0.0998. The molecule has 1 aromatic heterocycles. The van der Waals surface area contributed by atoms with E-state index in [1.807, 2.05) is 58.0 Å². The number of ketones is 1. The second-order valence-corrected chi connectivity index (χ2v) is 8.91. The Morgan fingerprint density at radius 1 is 0.970 bits per heavy atom. The van der Waals surface area contributed by atoms with Crippen LogP contribution in [0.1, 0.15) is 51.9 Å². The number of carbonyl (C=O) groups excluding carboxylic acids is 3. The highest BCUT2D eigenvalue weighted by atomic mass is 16.5. The van der Waals surface area contributed by atoms with E-state index in [-0.39, 0.29) is 30.8 Å². The zero-order valence-corrected chi connectivity index (χ0v) is 19.9. The van der Waals surface area contributed by atoms with Crippen molar-refractivity contribution >= 4 is 17.8 Å². The number of ether oxygens (including phenoxy) is 1. The van der Waals surface area contributed by atoms with Crippen LogP contribution in [-0.4, -0.2) is 50.1 Å². The van der Waals surface area contributed by atoms with Crippen molar-refractivity contribution in [3.8, 4) is 0 Å². The smallest absolute Gasteiger partial charge is 0.408 e. The minimum atomic E-state index is -0.831. The molecule has 0 aliphatic rings. The summed E-state index contributed by atoms with van der Waals surface area (Å²) < 4.78 is 5.26. The number of nitrogens with zero attached hydrogens (tertiary/aromatic N) is 4. The fourth-order valence-electron chi connectivity index (χ4n) is 3.26. The van der Waals surface area contributed by atoms with Gasteiger partial charge in [0.2, 0.25) is 5.91 Å². The van der Waals surface area contributed by atoms with Gasteiger partial charge in [-0.1, -0.05) is 58.0 Å². The van der Waals surface area contributed by atoms with Crippen LogP contribution in [0.2, 0.25) is 0 Å². The molecule has 0 saturated carbocycles. The lowest BCUT2D eigenvalue weighted by atomic mass is 9.98. The lowest BCUT2D eigenvalue weighted by Crippen LogP contribution is -2.52. The van der Waals surface area contributed by atoms with Gasteiger partial charge in [0.1, 0.15) is 19.2 Å². The van der Waals surface area contributed by atoms with Crippen molar-refractivity contribution < 1.29 is 19.1 Å². The molecule has 1 aromatic carbocycles. The molecule has 10 nitrogen and oxygen atoms in total. The summed E-state index contributed by atoms with van der Waals surface area (Å²) in [5.41, 5.74) is 0.845. The maximum Gasteiger partial charge on any atom is 0.408 e. The van der Waals surface area contributed by atoms with E-state index in [2.05, 4.69) is 26.0 Å². The third-order valence-electron chi connectivity index (χ3n) is 4.79. The van der Waals surface area contributed by atoms with E-state index in [9.17, 15) is 14.4 Å². The molecule has 180 valence electrons. The summed E-state index contributed by atoms with van der Waals surface area (Å²) in [7, 11) is 0. The van der Waals surface area contributed by atoms with Gasteiger partial charge in [-0.05, 0) is 42.4 Å². The first kappa shape index (κ1) is 26.0. The number of carbonyl (C=O) groups is 3. The van der Waals surface area contributed by atoms with Crippen LogP contribution in [0.25, 0.3) is 0 Å². The highest BCUT2D eigenvalue weighted by molar-refractivity contribution is 5.92. The summed E-state index contributed by atoms with van der Waals surface area (Å²) in [6.07, 6.45) is 0.165. The number of Topliss-reactive ketones (excluding diaryl/α,β-unsaturated/α-hetero) is 1. The van der Waals surface area contributed by atoms with Gasteiger partial charge in [-0.3, -0.25) is 9.59 Å². The van der Waals surface area contributed by atoms with Crippen molar-refractivity contribution in [2.75, 3.05) is 0 Å². The highest BCUT2D eigenvalue weighted by Crippen LogP contribution is 2.10. The van der Waals surface area contributed by atoms with E-state index in [0.29, 0.717) is 18.7 Å². The van der Waals surface area contributed by atoms with Gasteiger partial charge in [0.25, 0.3) is 0 Å². The van der Waals surface area contributed by atoms with E-state index in [0.717, 1.165) is 5.56 Å². The van der Waals surface area contributed by atoms with Crippen LogP contribution in [0.4, 0.5) is 4.79 Å². The summed E-state index contributed by atoms with van der Waals surface area (Å²) >= 11 is 0.